The van der Waals surface area contributed by atoms with Gasteiger partial charge in [-0.25, -0.2) is 8.78 Å². The molecule has 1 aromatic carbocycles. The zero-order chi connectivity index (χ0) is 14.7. The average molecular weight is 341 g/mol. The first kappa shape index (κ1) is 15.1. The van der Waals surface area contributed by atoms with Gasteiger partial charge in [0.25, 0.3) is 0 Å². The van der Waals surface area contributed by atoms with Crippen LogP contribution in [0.25, 0.3) is 0 Å². The molecule has 0 saturated heterocycles. The van der Waals surface area contributed by atoms with Crippen LogP contribution >= 0.6 is 15.9 Å². The van der Waals surface area contributed by atoms with Crippen LogP contribution in [0.1, 0.15) is 31.1 Å². The first-order chi connectivity index (χ1) is 9.49. The predicted molar refractivity (Wildman–Crippen MR) is 78.4 cm³/mol. The van der Waals surface area contributed by atoms with Crippen molar-refractivity contribution in [2.75, 3.05) is 0 Å². The molecule has 2 aromatic rings. The molecule has 1 atom stereocenters. The highest BCUT2D eigenvalue weighted by molar-refractivity contribution is 9.10. The maximum atomic E-state index is 14.3. The van der Waals surface area contributed by atoms with E-state index < -0.39 is 11.9 Å². The minimum Gasteiger partial charge on any atom is -0.303 e. The third-order valence-electron chi connectivity index (χ3n) is 2.84. The maximum Gasteiger partial charge on any atom is 0.142 e. The molecule has 106 valence electrons. The molecule has 0 aliphatic carbocycles. The number of halogens is 3. The quantitative estimate of drug-likeness (QED) is 0.901. The Hall–Kier alpha value is -1.33. The molecule has 20 heavy (non-hydrogen) atoms. The van der Waals surface area contributed by atoms with Gasteiger partial charge in [0.1, 0.15) is 11.6 Å². The molecule has 2 rings (SSSR count). The van der Waals surface area contributed by atoms with Gasteiger partial charge in [-0.3, -0.25) is 4.98 Å². The largest absolute Gasteiger partial charge is 0.303 e. The van der Waals surface area contributed by atoms with Crippen molar-refractivity contribution in [2.24, 2.45) is 0 Å². The lowest BCUT2D eigenvalue weighted by Crippen LogP contribution is -2.30. The first-order valence-electron chi connectivity index (χ1n) is 6.30. The van der Waals surface area contributed by atoms with Crippen LogP contribution in [0.3, 0.4) is 0 Å². The van der Waals surface area contributed by atoms with Crippen LogP contribution in [0, 0.1) is 11.6 Å². The van der Waals surface area contributed by atoms with Crippen LogP contribution in [-0.2, 0) is 0 Å². The molecule has 5 heteroatoms. The molecule has 1 unspecified atom stereocenters. The Morgan fingerprint density at radius 3 is 2.50 bits per heavy atom. The molecule has 2 nitrogen and oxygen atoms in total. The molecule has 1 N–H and O–H groups in total. The molecule has 0 saturated carbocycles. The molecule has 0 fully saturated rings. The summed E-state index contributed by atoms with van der Waals surface area (Å²) in [6, 6.07) is 7.71. The summed E-state index contributed by atoms with van der Waals surface area (Å²) in [4.78, 5) is 4.06. The van der Waals surface area contributed by atoms with Gasteiger partial charge in [-0.15, -0.1) is 0 Å². The number of hydrogen-bond donors (Lipinski definition) is 1. The van der Waals surface area contributed by atoms with Crippen molar-refractivity contribution in [3.05, 3.63) is 63.9 Å². The number of benzene rings is 1. The second-order valence-corrected chi connectivity index (χ2v) is 5.65. The standard InChI is InChI=1S/C15H15BrF2N2/c1-9(2)20-15(13-7-6-10(17)8-19-13)11-4-3-5-12(16)14(11)18/h3-9,15,20H,1-2H3. The highest BCUT2D eigenvalue weighted by Gasteiger charge is 2.21. The summed E-state index contributed by atoms with van der Waals surface area (Å²) in [5, 5.41) is 3.25. The van der Waals surface area contributed by atoms with E-state index in [9.17, 15) is 8.78 Å². The van der Waals surface area contributed by atoms with Gasteiger partial charge in [0, 0.05) is 11.6 Å². The van der Waals surface area contributed by atoms with Crippen molar-refractivity contribution in [1.82, 2.24) is 10.3 Å². The number of pyridine rings is 1. The lowest BCUT2D eigenvalue weighted by Gasteiger charge is -2.22. The smallest absolute Gasteiger partial charge is 0.142 e. The summed E-state index contributed by atoms with van der Waals surface area (Å²) in [5.74, 6) is -0.747. The average Bonchev–Trinajstić information content (AvgIpc) is 2.40. The fourth-order valence-corrected chi connectivity index (χ4v) is 2.35. The molecule has 1 aromatic heterocycles. The SMILES string of the molecule is CC(C)NC(c1ccc(F)cn1)c1cccc(Br)c1F. The maximum absolute atomic E-state index is 14.3. The Bertz CT molecular complexity index is 585. The first-order valence-corrected chi connectivity index (χ1v) is 7.09. The second kappa shape index (κ2) is 6.41. The Labute approximate surface area is 125 Å². The van der Waals surface area contributed by atoms with Crippen molar-refractivity contribution in [2.45, 2.75) is 25.9 Å². The van der Waals surface area contributed by atoms with Crippen molar-refractivity contribution < 1.29 is 8.78 Å². The Balaban J connectivity index is 2.47. The zero-order valence-electron chi connectivity index (χ0n) is 11.2. The second-order valence-electron chi connectivity index (χ2n) is 4.80. The van der Waals surface area contributed by atoms with E-state index in [1.165, 1.54) is 6.07 Å². The van der Waals surface area contributed by atoms with Crippen LogP contribution in [0.5, 0.6) is 0 Å². The summed E-state index contributed by atoms with van der Waals surface area (Å²) >= 11 is 3.18. The number of nitrogens with one attached hydrogen (secondary N) is 1. The van der Waals surface area contributed by atoms with Gasteiger partial charge in [-0.1, -0.05) is 12.1 Å². The molecular formula is C15H15BrF2N2. The van der Waals surface area contributed by atoms with E-state index in [1.54, 1.807) is 24.3 Å². The van der Waals surface area contributed by atoms with E-state index in [0.29, 0.717) is 15.7 Å². The molecule has 0 radical (unpaired) electrons. The minimum atomic E-state index is -0.423. The van der Waals surface area contributed by atoms with E-state index in [4.69, 9.17) is 0 Å². The molecule has 0 aliphatic rings. The summed E-state index contributed by atoms with van der Waals surface area (Å²) in [6.45, 7) is 3.93. The molecular weight excluding hydrogens is 326 g/mol. The fraction of sp³-hybridized carbons (Fsp3) is 0.267. The van der Waals surface area contributed by atoms with Crippen molar-refractivity contribution in [1.29, 1.82) is 0 Å². The summed E-state index contributed by atoms with van der Waals surface area (Å²) in [6.07, 6.45) is 1.14. The van der Waals surface area contributed by atoms with Gasteiger partial charge in [0.05, 0.1) is 22.4 Å². The third kappa shape index (κ3) is 3.41. The lowest BCUT2D eigenvalue weighted by molar-refractivity contribution is 0.492. The van der Waals surface area contributed by atoms with E-state index in [1.807, 2.05) is 13.8 Å². The van der Waals surface area contributed by atoms with Gasteiger partial charge < -0.3 is 5.32 Å². The van der Waals surface area contributed by atoms with Gasteiger partial charge in [0.15, 0.2) is 0 Å². The molecule has 0 aliphatic heterocycles. The topological polar surface area (TPSA) is 24.9 Å². The van der Waals surface area contributed by atoms with Crippen molar-refractivity contribution in [3.63, 3.8) is 0 Å². The van der Waals surface area contributed by atoms with E-state index in [2.05, 4.69) is 26.2 Å². The van der Waals surface area contributed by atoms with Gasteiger partial charge in [-0.05, 0) is 48.0 Å². The van der Waals surface area contributed by atoms with Crippen molar-refractivity contribution in [3.8, 4) is 0 Å². The highest BCUT2D eigenvalue weighted by atomic mass is 79.9. The van der Waals surface area contributed by atoms with Crippen LogP contribution in [0.2, 0.25) is 0 Å². The molecule has 0 spiro atoms. The van der Waals surface area contributed by atoms with E-state index >= 15 is 0 Å². The van der Waals surface area contributed by atoms with Gasteiger partial charge >= 0.3 is 0 Å². The Kier molecular flexibility index (Phi) is 4.83. The van der Waals surface area contributed by atoms with Crippen LogP contribution in [0.15, 0.2) is 41.0 Å². The monoisotopic (exact) mass is 340 g/mol. The Morgan fingerprint density at radius 1 is 1.15 bits per heavy atom. The third-order valence-corrected chi connectivity index (χ3v) is 3.45. The number of hydrogen-bond acceptors (Lipinski definition) is 2. The highest BCUT2D eigenvalue weighted by Crippen LogP contribution is 2.28. The van der Waals surface area contributed by atoms with Crippen LogP contribution in [-0.4, -0.2) is 11.0 Å². The normalized spacial score (nSPS) is 12.7. The van der Waals surface area contributed by atoms with E-state index in [0.717, 1.165) is 6.20 Å². The van der Waals surface area contributed by atoms with Gasteiger partial charge in [0.2, 0.25) is 0 Å². The summed E-state index contributed by atoms with van der Waals surface area (Å²) in [5.41, 5.74) is 1.06. The van der Waals surface area contributed by atoms with Crippen LogP contribution < -0.4 is 5.32 Å². The number of nitrogens with zero attached hydrogens (tertiary/aromatic N) is 1. The number of rotatable bonds is 4. The molecule has 0 amide bonds. The Morgan fingerprint density at radius 2 is 1.90 bits per heavy atom. The predicted octanol–water partition coefficient (Wildman–Crippen LogP) is 4.21. The molecule has 0 bridgehead atoms. The fourth-order valence-electron chi connectivity index (χ4n) is 1.97. The zero-order valence-corrected chi connectivity index (χ0v) is 12.8. The number of aromatic nitrogens is 1. The van der Waals surface area contributed by atoms with Gasteiger partial charge in [-0.2, -0.15) is 0 Å². The summed E-state index contributed by atoms with van der Waals surface area (Å²) < 4.78 is 27.7. The minimum absolute atomic E-state index is 0.130. The lowest BCUT2D eigenvalue weighted by atomic mass is 10.0. The summed E-state index contributed by atoms with van der Waals surface area (Å²) in [7, 11) is 0. The molecule has 1 heterocycles. The van der Waals surface area contributed by atoms with Crippen molar-refractivity contribution >= 4 is 15.9 Å². The van der Waals surface area contributed by atoms with E-state index in [-0.39, 0.29) is 11.9 Å². The van der Waals surface area contributed by atoms with Crippen LogP contribution in [0.4, 0.5) is 8.78 Å².